The minimum Gasteiger partial charge on any atom is -0.462 e. The number of esters is 1. The number of carbonyl (C=O) groups excluding carboxylic acids is 1. The Labute approximate surface area is 114 Å². The molecule has 0 spiro atoms. The molecule has 0 aliphatic heterocycles. The molecule has 112 valence electrons. The Morgan fingerprint density at radius 1 is 1.05 bits per heavy atom. The molecule has 0 heterocycles. The Kier molecular flexibility index (Phi) is 9.42. The van der Waals surface area contributed by atoms with Crippen molar-refractivity contribution in [1.29, 1.82) is 0 Å². The molecule has 0 aromatic carbocycles. The molecule has 0 aromatic rings. The summed E-state index contributed by atoms with van der Waals surface area (Å²) >= 11 is 0. The van der Waals surface area contributed by atoms with Crippen molar-refractivity contribution >= 4 is 5.97 Å². The lowest BCUT2D eigenvalue weighted by Crippen LogP contribution is -2.54. The van der Waals surface area contributed by atoms with Gasteiger partial charge in [-0.05, 0) is 6.92 Å². The van der Waals surface area contributed by atoms with Crippen LogP contribution in [0.4, 0.5) is 0 Å². The van der Waals surface area contributed by atoms with Gasteiger partial charge in [-0.25, -0.2) is 4.79 Å². The fourth-order valence-electron chi connectivity index (χ4n) is 2.00. The van der Waals surface area contributed by atoms with Crippen LogP contribution in [-0.4, -0.2) is 78.4 Å². The third-order valence-electron chi connectivity index (χ3n) is 3.08. The normalized spacial score (nSPS) is 11.4. The highest BCUT2D eigenvalue weighted by Crippen LogP contribution is 2.08. The van der Waals surface area contributed by atoms with Gasteiger partial charge < -0.3 is 24.5 Å². The summed E-state index contributed by atoms with van der Waals surface area (Å²) in [6, 6.07) is 0. The second kappa shape index (κ2) is 9.91. The van der Waals surface area contributed by atoms with E-state index in [1.165, 1.54) is 0 Å². The molecule has 0 fully saturated rings. The first-order valence-electron chi connectivity index (χ1n) is 6.51. The van der Waals surface area contributed by atoms with Crippen LogP contribution in [0.3, 0.4) is 0 Å². The van der Waals surface area contributed by atoms with E-state index in [2.05, 4.69) is 6.58 Å². The molecule has 0 bridgehead atoms. The highest BCUT2D eigenvalue weighted by atomic mass is 16.5. The first kappa shape index (κ1) is 18.0. The van der Waals surface area contributed by atoms with E-state index in [1.54, 1.807) is 6.92 Å². The Morgan fingerprint density at radius 3 is 1.89 bits per heavy atom. The number of rotatable bonds is 11. The van der Waals surface area contributed by atoms with Gasteiger partial charge in [0.25, 0.3) is 0 Å². The summed E-state index contributed by atoms with van der Waals surface area (Å²) in [6.45, 7) is 7.36. The highest BCUT2D eigenvalue weighted by molar-refractivity contribution is 5.86. The van der Waals surface area contributed by atoms with Crippen LogP contribution in [0.25, 0.3) is 0 Å². The van der Waals surface area contributed by atoms with Crippen molar-refractivity contribution in [2.75, 3.05) is 52.6 Å². The summed E-state index contributed by atoms with van der Waals surface area (Å²) in [5.74, 6) is -0.412. The number of nitrogens with zero attached hydrogens (tertiary/aromatic N) is 1. The van der Waals surface area contributed by atoms with Crippen LogP contribution in [0.15, 0.2) is 12.2 Å². The quantitative estimate of drug-likeness (QED) is 0.201. The molecule has 0 unspecified atom stereocenters. The zero-order valence-electron chi connectivity index (χ0n) is 11.7. The number of ether oxygens (including phenoxy) is 1. The predicted molar refractivity (Wildman–Crippen MR) is 71.4 cm³/mol. The summed E-state index contributed by atoms with van der Waals surface area (Å²) < 4.78 is 5.42. The van der Waals surface area contributed by atoms with E-state index in [1.807, 2.05) is 0 Å². The van der Waals surface area contributed by atoms with Gasteiger partial charge in [-0.1, -0.05) is 6.58 Å². The van der Waals surface area contributed by atoms with Gasteiger partial charge in [-0.2, -0.15) is 0 Å². The van der Waals surface area contributed by atoms with Crippen LogP contribution in [0.2, 0.25) is 0 Å². The minimum atomic E-state index is -0.412. The van der Waals surface area contributed by atoms with Crippen LogP contribution in [-0.2, 0) is 9.53 Å². The number of quaternary nitrogens is 1. The van der Waals surface area contributed by atoms with Crippen LogP contribution < -0.4 is 0 Å². The molecule has 0 aliphatic carbocycles. The smallest absolute Gasteiger partial charge is 0.333 e. The van der Waals surface area contributed by atoms with Gasteiger partial charge in [0.05, 0.1) is 33.0 Å². The maximum absolute atomic E-state index is 11.2. The highest BCUT2D eigenvalue weighted by Gasteiger charge is 2.25. The molecule has 0 amide bonds. The standard InChI is InChI=1S/C13H26NO5/c1-12(2)13(18)19-11-3-4-14(5-8-15,6-9-16)7-10-17/h15-17H,1,3-11H2,2H3/q+1. The van der Waals surface area contributed by atoms with Crippen LogP contribution in [0.1, 0.15) is 13.3 Å². The summed E-state index contributed by atoms with van der Waals surface area (Å²) in [6.07, 6.45) is 0.610. The van der Waals surface area contributed by atoms with E-state index in [0.717, 1.165) is 0 Å². The van der Waals surface area contributed by atoms with Crippen molar-refractivity contribution in [3.63, 3.8) is 0 Å². The van der Waals surface area contributed by atoms with Gasteiger partial charge in [0.15, 0.2) is 0 Å². The van der Waals surface area contributed by atoms with E-state index >= 15 is 0 Å². The zero-order chi connectivity index (χ0) is 14.7. The monoisotopic (exact) mass is 276 g/mol. The maximum atomic E-state index is 11.2. The maximum Gasteiger partial charge on any atom is 0.333 e. The molecule has 3 N–H and O–H groups in total. The number of carbonyl (C=O) groups is 1. The molecular formula is C13H26NO5+. The fraction of sp³-hybridized carbons (Fsp3) is 0.769. The lowest BCUT2D eigenvalue weighted by Gasteiger charge is -2.37. The Bertz CT molecular complexity index is 263. The molecule has 19 heavy (non-hydrogen) atoms. The number of hydrogen-bond donors (Lipinski definition) is 3. The third-order valence-corrected chi connectivity index (χ3v) is 3.08. The molecule has 6 nitrogen and oxygen atoms in total. The van der Waals surface area contributed by atoms with Gasteiger partial charge >= 0.3 is 5.97 Å². The van der Waals surface area contributed by atoms with E-state index in [-0.39, 0.29) is 26.4 Å². The van der Waals surface area contributed by atoms with E-state index in [9.17, 15) is 4.79 Å². The number of aliphatic hydroxyl groups is 3. The molecule has 0 saturated carbocycles. The third kappa shape index (κ3) is 7.27. The van der Waals surface area contributed by atoms with Crippen LogP contribution >= 0.6 is 0 Å². The predicted octanol–water partition coefficient (Wildman–Crippen LogP) is -0.710. The second-order valence-corrected chi connectivity index (χ2v) is 4.68. The fourth-order valence-corrected chi connectivity index (χ4v) is 2.00. The molecular weight excluding hydrogens is 250 g/mol. The second-order valence-electron chi connectivity index (χ2n) is 4.68. The lowest BCUT2D eigenvalue weighted by atomic mass is 10.2. The first-order chi connectivity index (χ1) is 9.01. The van der Waals surface area contributed by atoms with Gasteiger partial charge in [-0.3, -0.25) is 0 Å². The van der Waals surface area contributed by atoms with Gasteiger partial charge in [-0.15, -0.1) is 0 Å². The Morgan fingerprint density at radius 2 is 1.53 bits per heavy atom. The summed E-state index contributed by atoms with van der Waals surface area (Å²) in [7, 11) is 0. The number of hydrogen-bond acceptors (Lipinski definition) is 5. The van der Waals surface area contributed by atoms with Gasteiger partial charge in [0, 0.05) is 12.0 Å². The van der Waals surface area contributed by atoms with E-state index in [4.69, 9.17) is 20.1 Å². The average Bonchev–Trinajstić information content (AvgIpc) is 2.35. The first-order valence-corrected chi connectivity index (χ1v) is 6.51. The largest absolute Gasteiger partial charge is 0.462 e. The Balaban J connectivity index is 4.24. The van der Waals surface area contributed by atoms with Crippen LogP contribution in [0, 0.1) is 0 Å². The van der Waals surface area contributed by atoms with Crippen LogP contribution in [0.5, 0.6) is 0 Å². The molecule has 0 atom stereocenters. The van der Waals surface area contributed by atoms with Crippen molar-refractivity contribution in [3.8, 4) is 0 Å². The topological polar surface area (TPSA) is 87.0 Å². The van der Waals surface area contributed by atoms with Crippen molar-refractivity contribution in [2.45, 2.75) is 13.3 Å². The van der Waals surface area contributed by atoms with E-state index < -0.39 is 5.97 Å². The summed E-state index contributed by atoms with van der Waals surface area (Å²) in [4.78, 5) is 11.2. The van der Waals surface area contributed by atoms with Gasteiger partial charge in [0.2, 0.25) is 0 Å². The summed E-state index contributed by atoms with van der Waals surface area (Å²) in [5, 5.41) is 27.3. The molecule has 0 aliphatic rings. The molecule has 6 heteroatoms. The molecule has 0 rings (SSSR count). The average molecular weight is 276 g/mol. The van der Waals surface area contributed by atoms with Crippen molar-refractivity contribution in [3.05, 3.63) is 12.2 Å². The molecule has 0 saturated heterocycles. The van der Waals surface area contributed by atoms with Crippen molar-refractivity contribution < 1.29 is 29.3 Å². The minimum absolute atomic E-state index is 0.00838. The number of aliphatic hydroxyl groups excluding tert-OH is 3. The van der Waals surface area contributed by atoms with Crippen molar-refractivity contribution in [2.24, 2.45) is 0 Å². The SMILES string of the molecule is C=C(C)C(=O)OCCC[N+](CCO)(CCO)CCO. The molecule has 0 radical (unpaired) electrons. The van der Waals surface area contributed by atoms with Gasteiger partial charge in [0.1, 0.15) is 19.6 Å². The van der Waals surface area contributed by atoms with Crippen molar-refractivity contribution in [1.82, 2.24) is 0 Å². The Hall–Kier alpha value is -0.950. The van der Waals surface area contributed by atoms with E-state index in [0.29, 0.717) is 42.7 Å². The lowest BCUT2D eigenvalue weighted by molar-refractivity contribution is -0.929. The molecule has 0 aromatic heterocycles. The summed E-state index contributed by atoms with van der Waals surface area (Å²) in [5.41, 5.74) is 0.363. The zero-order valence-corrected chi connectivity index (χ0v) is 11.7.